The van der Waals surface area contributed by atoms with Gasteiger partial charge in [0.05, 0.1) is 0 Å². The third kappa shape index (κ3) is 5.67. The molecule has 1 saturated carbocycles. The van der Waals surface area contributed by atoms with Crippen LogP contribution in [0.1, 0.15) is 68.2 Å². The van der Waals surface area contributed by atoms with Crippen molar-refractivity contribution in [2.24, 2.45) is 0 Å². The van der Waals surface area contributed by atoms with Gasteiger partial charge >= 0.3 is 0 Å². The molecule has 118 valence electrons. The van der Waals surface area contributed by atoms with Gasteiger partial charge < -0.3 is 5.32 Å². The highest BCUT2D eigenvalue weighted by atomic mass is 32.2. The van der Waals surface area contributed by atoms with Crippen molar-refractivity contribution in [2.75, 3.05) is 12.3 Å². The Morgan fingerprint density at radius 3 is 2.38 bits per heavy atom. The van der Waals surface area contributed by atoms with Crippen molar-refractivity contribution in [1.82, 2.24) is 5.32 Å². The molecule has 1 aliphatic carbocycles. The van der Waals surface area contributed by atoms with Crippen LogP contribution in [0.15, 0.2) is 18.2 Å². The normalized spacial score (nSPS) is 17.9. The summed E-state index contributed by atoms with van der Waals surface area (Å²) < 4.78 is 0. The second-order valence-corrected chi connectivity index (χ2v) is 7.85. The zero-order valence-corrected chi connectivity index (χ0v) is 14.8. The molecule has 1 unspecified atom stereocenters. The molecule has 2 rings (SSSR count). The van der Waals surface area contributed by atoms with Gasteiger partial charge in [0.2, 0.25) is 0 Å². The number of nitrogens with one attached hydrogen (secondary N) is 1. The van der Waals surface area contributed by atoms with Crippen LogP contribution in [0.4, 0.5) is 0 Å². The average Bonchev–Trinajstić information content (AvgIpc) is 2.47. The Balaban J connectivity index is 1.98. The van der Waals surface area contributed by atoms with E-state index in [2.05, 4.69) is 56.0 Å². The van der Waals surface area contributed by atoms with E-state index in [1.165, 1.54) is 61.0 Å². The van der Waals surface area contributed by atoms with Crippen LogP contribution in [-0.4, -0.2) is 17.5 Å². The minimum Gasteiger partial charge on any atom is -0.309 e. The van der Waals surface area contributed by atoms with Crippen molar-refractivity contribution in [1.29, 1.82) is 0 Å². The fraction of sp³-hybridized carbons (Fsp3) is 0.684. The Morgan fingerprint density at radius 1 is 1.10 bits per heavy atom. The van der Waals surface area contributed by atoms with Gasteiger partial charge in [0, 0.05) is 17.0 Å². The average molecular weight is 306 g/mol. The van der Waals surface area contributed by atoms with Crippen molar-refractivity contribution in [3.8, 4) is 0 Å². The number of rotatable bonds is 7. The molecule has 1 aromatic rings. The van der Waals surface area contributed by atoms with Crippen LogP contribution in [0, 0.1) is 13.8 Å². The van der Waals surface area contributed by atoms with Crippen LogP contribution in [0.5, 0.6) is 0 Å². The van der Waals surface area contributed by atoms with E-state index >= 15 is 0 Å². The summed E-state index contributed by atoms with van der Waals surface area (Å²) in [5.74, 6) is 1.22. The molecule has 0 bridgehead atoms. The first-order valence-electron chi connectivity index (χ1n) is 8.62. The first-order valence-corrected chi connectivity index (χ1v) is 9.67. The molecular formula is C19H31NS. The van der Waals surface area contributed by atoms with Crippen molar-refractivity contribution in [2.45, 2.75) is 70.6 Å². The van der Waals surface area contributed by atoms with Gasteiger partial charge in [-0.1, -0.05) is 55.5 Å². The second-order valence-electron chi connectivity index (χ2n) is 6.52. The number of hydrogen-bond donors (Lipinski definition) is 1. The Bertz CT molecular complexity index is 403. The van der Waals surface area contributed by atoms with Gasteiger partial charge in [-0.05, 0) is 45.2 Å². The smallest absolute Gasteiger partial charge is 0.0412 e. The Labute approximate surface area is 135 Å². The molecule has 0 amide bonds. The maximum atomic E-state index is 3.76. The summed E-state index contributed by atoms with van der Waals surface area (Å²) in [5.41, 5.74) is 4.25. The molecule has 0 aromatic heterocycles. The van der Waals surface area contributed by atoms with Crippen LogP contribution >= 0.6 is 11.8 Å². The van der Waals surface area contributed by atoms with Crippen molar-refractivity contribution in [3.63, 3.8) is 0 Å². The molecule has 1 N–H and O–H groups in total. The zero-order valence-electron chi connectivity index (χ0n) is 14.0. The molecule has 0 spiro atoms. The monoisotopic (exact) mass is 305 g/mol. The lowest BCUT2D eigenvalue weighted by atomic mass is 10.0. The predicted octanol–water partition coefficient (Wildman–Crippen LogP) is 5.41. The van der Waals surface area contributed by atoms with Gasteiger partial charge in [-0.3, -0.25) is 0 Å². The molecule has 0 saturated heterocycles. The third-order valence-corrected chi connectivity index (χ3v) is 5.81. The van der Waals surface area contributed by atoms with E-state index in [0.717, 1.165) is 11.8 Å². The molecule has 1 aromatic carbocycles. The summed E-state index contributed by atoms with van der Waals surface area (Å²) in [7, 11) is 0. The first kappa shape index (κ1) is 16.9. The lowest BCUT2D eigenvalue weighted by Crippen LogP contribution is -2.25. The van der Waals surface area contributed by atoms with E-state index < -0.39 is 0 Å². The Morgan fingerprint density at radius 2 is 1.76 bits per heavy atom. The number of benzene rings is 1. The predicted molar refractivity (Wildman–Crippen MR) is 96.3 cm³/mol. The van der Waals surface area contributed by atoms with Gasteiger partial charge in [0.15, 0.2) is 0 Å². The highest BCUT2D eigenvalue weighted by Crippen LogP contribution is 2.31. The lowest BCUT2D eigenvalue weighted by Gasteiger charge is -2.25. The molecule has 1 aliphatic rings. The van der Waals surface area contributed by atoms with Crippen LogP contribution in [0.2, 0.25) is 0 Å². The zero-order chi connectivity index (χ0) is 15.1. The Hall–Kier alpha value is -0.470. The molecule has 2 heteroatoms. The van der Waals surface area contributed by atoms with Crippen LogP contribution < -0.4 is 5.32 Å². The van der Waals surface area contributed by atoms with Gasteiger partial charge in [-0.2, -0.15) is 11.8 Å². The van der Waals surface area contributed by atoms with Crippen LogP contribution in [0.3, 0.4) is 0 Å². The van der Waals surface area contributed by atoms with E-state index in [0.29, 0.717) is 6.04 Å². The molecule has 21 heavy (non-hydrogen) atoms. The summed E-state index contributed by atoms with van der Waals surface area (Å²) in [6.07, 6.45) is 8.39. The summed E-state index contributed by atoms with van der Waals surface area (Å²) in [5, 5.41) is 4.66. The summed E-state index contributed by atoms with van der Waals surface area (Å²) in [6, 6.07) is 7.51. The van der Waals surface area contributed by atoms with Gasteiger partial charge in [-0.15, -0.1) is 0 Å². The topological polar surface area (TPSA) is 12.0 Å². The molecule has 1 nitrogen and oxygen atoms in total. The highest BCUT2D eigenvalue weighted by molar-refractivity contribution is 7.99. The largest absolute Gasteiger partial charge is 0.309 e. The number of thioether (sulfide) groups is 1. The first-order chi connectivity index (χ1) is 10.2. The van der Waals surface area contributed by atoms with Crippen LogP contribution in [-0.2, 0) is 0 Å². The fourth-order valence-electron chi connectivity index (χ4n) is 3.27. The van der Waals surface area contributed by atoms with Crippen molar-refractivity contribution >= 4 is 11.8 Å². The molecule has 1 fully saturated rings. The highest BCUT2D eigenvalue weighted by Gasteiger charge is 2.17. The van der Waals surface area contributed by atoms with Crippen LogP contribution in [0.25, 0.3) is 0 Å². The Kier molecular flexibility index (Phi) is 7.12. The van der Waals surface area contributed by atoms with Crippen molar-refractivity contribution < 1.29 is 0 Å². The van der Waals surface area contributed by atoms with E-state index in [9.17, 15) is 0 Å². The minimum absolute atomic E-state index is 0.510. The van der Waals surface area contributed by atoms with Crippen molar-refractivity contribution in [3.05, 3.63) is 34.9 Å². The molecular weight excluding hydrogens is 274 g/mol. The second kappa shape index (κ2) is 8.85. The standard InChI is InChI=1S/C19H31NS/c1-4-10-20-19(14-21-18-8-6-5-7-9-18)17-12-15(2)11-16(3)13-17/h11-13,18-20H,4-10,14H2,1-3H3. The van der Waals surface area contributed by atoms with E-state index in [4.69, 9.17) is 0 Å². The maximum absolute atomic E-state index is 3.76. The van der Waals surface area contributed by atoms with Gasteiger partial charge in [0.1, 0.15) is 0 Å². The van der Waals surface area contributed by atoms with E-state index in [-0.39, 0.29) is 0 Å². The van der Waals surface area contributed by atoms with E-state index in [1.54, 1.807) is 0 Å². The maximum Gasteiger partial charge on any atom is 0.0412 e. The molecule has 0 heterocycles. The third-order valence-electron chi connectivity index (χ3n) is 4.34. The van der Waals surface area contributed by atoms with Gasteiger partial charge in [0.25, 0.3) is 0 Å². The number of hydrogen-bond acceptors (Lipinski definition) is 2. The summed E-state index contributed by atoms with van der Waals surface area (Å²) in [6.45, 7) is 7.78. The summed E-state index contributed by atoms with van der Waals surface area (Å²) in [4.78, 5) is 0. The SMILES string of the molecule is CCCNC(CSC1CCCCC1)c1cc(C)cc(C)c1. The summed E-state index contributed by atoms with van der Waals surface area (Å²) >= 11 is 2.20. The minimum atomic E-state index is 0.510. The molecule has 0 radical (unpaired) electrons. The fourth-order valence-corrected chi connectivity index (χ4v) is 4.71. The number of aryl methyl sites for hydroxylation is 2. The molecule has 0 aliphatic heterocycles. The quantitative estimate of drug-likeness (QED) is 0.723. The van der Waals surface area contributed by atoms with Gasteiger partial charge in [-0.25, -0.2) is 0 Å². The lowest BCUT2D eigenvalue weighted by molar-refractivity contribution is 0.513. The van der Waals surface area contributed by atoms with E-state index in [1.807, 2.05) is 0 Å². The molecule has 1 atom stereocenters.